The second kappa shape index (κ2) is 7.73. The van der Waals surface area contributed by atoms with Crippen LogP contribution < -0.4 is 4.74 Å². The Bertz CT molecular complexity index is 515. The van der Waals surface area contributed by atoms with E-state index in [0.717, 1.165) is 12.2 Å². The van der Waals surface area contributed by atoms with Crippen LogP contribution in [0.15, 0.2) is 36.4 Å². The third-order valence-corrected chi connectivity index (χ3v) is 2.30. The standard InChI is InChI=1S/C14H14O6/c1-18-11-5-3-10(4-6-11)9-20-14(17)12(15)7-8-13(16)19-2/h3-8H,9H2,1-2H3/b8-7+. The monoisotopic (exact) mass is 278 g/mol. The summed E-state index contributed by atoms with van der Waals surface area (Å²) in [5, 5.41) is 0. The van der Waals surface area contributed by atoms with Crippen LogP contribution in [0.5, 0.6) is 5.75 Å². The quantitative estimate of drug-likeness (QED) is 0.439. The third kappa shape index (κ3) is 4.93. The number of ketones is 1. The van der Waals surface area contributed by atoms with E-state index in [-0.39, 0.29) is 6.61 Å². The molecular formula is C14H14O6. The maximum Gasteiger partial charge on any atom is 0.379 e. The number of carbonyl (C=O) groups excluding carboxylic acids is 3. The second-order valence-electron chi connectivity index (χ2n) is 3.64. The van der Waals surface area contributed by atoms with Crippen molar-refractivity contribution >= 4 is 17.7 Å². The van der Waals surface area contributed by atoms with Crippen LogP contribution in [0.1, 0.15) is 5.56 Å². The molecule has 20 heavy (non-hydrogen) atoms. The molecule has 0 heterocycles. The zero-order valence-electron chi connectivity index (χ0n) is 11.1. The van der Waals surface area contributed by atoms with Crippen molar-refractivity contribution in [3.05, 3.63) is 42.0 Å². The SMILES string of the molecule is COC(=O)/C=C/C(=O)C(=O)OCc1ccc(OC)cc1. The number of methoxy groups -OCH3 is 2. The summed E-state index contributed by atoms with van der Waals surface area (Å²) in [5.41, 5.74) is 0.712. The van der Waals surface area contributed by atoms with Gasteiger partial charge in [-0.1, -0.05) is 12.1 Å². The Morgan fingerprint density at radius 3 is 2.25 bits per heavy atom. The fourth-order valence-corrected chi connectivity index (χ4v) is 1.22. The molecule has 0 atom stereocenters. The zero-order chi connectivity index (χ0) is 15.0. The molecule has 0 aliphatic carbocycles. The highest BCUT2D eigenvalue weighted by molar-refractivity contribution is 6.38. The van der Waals surface area contributed by atoms with Gasteiger partial charge < -0.3 is 14.2 Å². The second-order valence-corrected chi connectivity index (χ2v) is 3.64. The van der Waals surface area contributed by atoms with Crippen LogP contribution in [0.25, 0.3) is 0 Å². The van der Waals surface area contributed by atoms with E-state index in [2.05, 4.69) is 4.74 Å². The van der Waals surface area contributed by atoms with Gasteiger partial charge in [-0.2, -0.15) is 0 Å². The van der Waals surface area contributed by atoms with Gasteiger partial charge in [-0.05, 0) is 17.7 Å². The van der Waals surface area contributed by atoms with Crippen molar-refractivity contribution < 1.29 is 28.6 Å². The van der Waals surface area contributed by atoms with Gasteiger partial charge in [-0.15, -0.1) is 0 Å². The smallest absolute Gasteiger partial charge is 0.379 e. The number of hydrogen-bond donors (Lipinski definition) is 0. The van der Waals surface area contributed by atoms with Crippen molar-refractivity contribution in [2.45, 2.75) is 6.61 Å². The van der Waals surface area contributed by atoms with E-state index in [1.165, 1.54) is 7.11 Å². The third-order valence-electron chi connectivity index (χ3n) is 2.30. The first-order chi connectivity index (χ1) is 9.56. The Kier molecular flexibility index (Phi) is 5.96. The van der Waals surface area contributed by atoms with Crippen LogP contribution in [0.3, 0.4) is 0 Å². The number of benzene rings is 1. The summed E-state index contributed by atoms with van der Waals surface area (Å²) in [7, 11) is 2.71. The van der Waals surface area contributed by atoms with E-state index in [1.807, 2.05) is 0 Å². The number of hydrogen-bond acceptors (Lipinski definition) is 6. The molecule has 1 aromatic carbocycles. The minimum absolute atomic E-state index is 0.0410. The summed E-state index contributed by atoms with van der Waals surface area (Å²) < 4.78 is 14.1. The molecular weight excluding hydrogens is 264 g/mol. The molecule has 0 unspecified atom stereocenters. The van der Waals surface area contributed by atoms with Crippen LogP contribution in [0.2, 0.25) is 0 Å². The minimum Gasteiger partial charge on any atom is -0.497 e. The van der Waals surface area contributed by atoms with E-state index in [0.29, 0.717) is 11.3 Å². The lowest BCUT2D eigenvalue weighted by Crippen LogP contribution is -2.15. The topological polar surface area (TPSA) is 78.9 Å². The maximum absolute atomic E-state index is 11.3. The zero-order valence-corrected chi connectivity index (χ0v) is 11.1. The molecule has 0 aliphatic heterocycles. The van der Waals surface area contributed by atoms with Gasteiger partial charge in [0.15, 0.2) is 0 Å². The lowest BCUT2D eigenvalue weighted by atomic mass is 10.2. The van der Waals surface area contributed by atoms with Gasteiger partial charge in [0.05, 0.1) is 14.2 Å². The van der Waals surface area contributed by atoms with Crippen LogP contribution in [0, 0.1) is 0 Å². The van der Waals surface area contributed by atoms with Crippen LogP contribution in [0.4, 0.5) is 0 Å². The van der Waals surface area contributed by atoms with Gasteiger partial charge >= 0.3 is 11.9 Å². The van der Waals surface area contributed by atoms with Crippen molar-refractivity contribution in [3.8, 4) is 5.75 Å². The molecule has 0 N–H and O–H groups in total. The number of ether oxygens (including phenoxy) is 3. The van der Waals surface area contributed by atoms with Crippen molar-refractivity contribution in [2.24, 2.45) is 0 Å². The molecule has 1 aromatic rings. The van der Waals surface area contributed by atoms with Gasteiger partial charge in [0.1, 0.15) is 12.4 Å². The molecule has 0 aliphatic rings. The van der Waals surface area contributed by atoms with Crippen molar-refractivity contribution in [2.75, 3.05) is 14.2 Å². The highest BCUT2D eigenvalue weighted by Crippen LogP contribution is 2.11. The molecule has 0 aromatic heterocycles. The molecule has 0 saturated heterocycles. The van der Waals surface area contributed by atoms with Gasteiger partial charge in [-0.3, -0.25) is 4.79 Å². The van der Waals surface area contributed by atoms with Crippen molar-refractivity contribution in [1.82, 2.24) is 0 Å². The highest BCUT2D eigenvalue weighted by atomic mass is 16.5. The van der Waals surface area contributed by atoms with Crippen LogP contribution in [-0.2, 0) is 30.5 Å². The largest absolute Gasteiger partial charge is 0.497 e. The van der Waals surface area contributed by atoms with E-state index in [4.69, 9.17) is 9.47 Å². The molecule has 0 fully saturated rings. The molecule has 0 spiro atoms. The first-order valence-electron chi connectivity index (χ1n) is 5.67. The summed E-state index contributed by atoms with van der Waals surface area (Å²) in [6.45, 7) is -0.0410. The van der Waals surface area contributed by atoms with Crippen LogP contribution in [-0.4, -0.2) is 31.9 Å². The lowest BCUT2D eigenvalue weighted by Gasteiger charge is -2.04. The van der Waals surface area contributed by atoms with E-state index in [1.54, 1.807) is 31.4 Å². The van der Waals surface area contributed by atoms with Gasteiger partial charge in [-0.25, -0.2) is 9.59 Å². The van der Waals surface area contributed by atoms with E-state index >= 15 is 0 Å². The Morgan fingerprint density at radius 2 is 1.70 bits per heavy atom. The van der Waals surface area contributed by atoms with Gasteiger partial charge in [0.25, 0.3) is 5.78 Å². The molecule has 0 bridgehead atoms. The minimum atomic E-state index is -1.04. The van der Waals surface area contributed by atoms with Crippen molar-refractivity contribution in [3.63, 3.8) is 0 Å². The Morgan fingerprint density at radius 1 is 1.05 bits per heavy atom. The molecule has 0 amide bonds. The summed E-state index contributed by atoms with van der Waals surface area (Å²) in [6, 6.07) is 6.84. The maximum atomic E-state index is 11.3. The first-order valence-corrected chi connectivity index (χ1v) is 5.67. The summed E-state index contributed by atoms with van der Waals surface area (Å²) in [6.07, 6.45) is 1.67. The molecule has 106 valence electrons. The molecule has 0 saturated carbocycles. The Hall–Kier alpha value is -2.63. The summed E-state index contributed by atoms with van der Waals surface area (Å²) >= 11 is 0. The predicted molar refractivity (Wildman–Crippen MR) is 69.0 cm³/mol. The lowest BCUT2D eigenvalue weighted by molar-refractivity contribution is -0.152. The summed E-state index contributed by atoms with van der Waals surface area (Å²) in [4.78, 5) is 33.4. The average Bonchev–Trinajstić information content (AvgIpc) is 2.50. The van der Waals surface area contributed by atoms with E-state index in [9.17, 15) is 14.4 Å². The highest BCUT2D eigenvalue weighted by Gasteiger charge is 2.12. The molecule has 1 rings (SSSR count). The van der Waals surface area contributed by atoms with Gasteiger partial charge in [0, 0.05) is 12.2 Å². The fraction of sp³-hybridized carbons (Fsp3) is 0.214. The first kappa shape index (κ1) is 15.4. The Balaban J connectivity index is 2.47. The van der Waals surface area contributed by atoms with E-state index < -0.39 is 17.7 Å². The van der Waals surface area contributed by atoms with Gasteiger partial charge in [0.2, 0.25) is 0 Å². The average molecular weight is 278 g/mol. The summed E-state index contributed by atoms with van der Waals surface area (Å²) in [5.74, 6) is -2.01. The fourth-order valence-electron chi connectivity index (χ4n) is 1.22. The predicted octanol–water partition coefficient (Wildman–Crippen LogP) is 1.04. The van der Waals surface area contributed by atoms with Crippen LogP contribution >= 0.6 is 0 Å². The Labute approximate surface area is 115 Å². The normalized spacial score (nSPS) is 10.1. The number of rotatable bonds is 6. The molecule has 6 nitrogen and oxygen atoms in total. The number of esters is 2. The molecule has 0 radical (unpaired) electrons. The number of carbonyl (C=O) groups is 3. The molecule has 6 heteroatoms. The van der Waals surface area contributed by atoms with Crippen molar-refractivity contribution in [1.29, 1.82) is 0 Å².